The van der Waals surface area contributed by atoms with Crippen LogP contribution in [-0.2, 0) is 16.1 Å². The molecule has 18 heavy (non-hydrogen) atoms. The molecule has 0 saturated carbocycles. The first kappa shape index (κ1) is 12.0. The fraction of sp³-hybridized carbons (Fsp3) is 0.167. The van der Waals surface area contributed by atoms with Crippen LogP contribution in [0.25, 0.3) is 0 Å². The van der Waals surface area contributed by atoms with Gasteiger partial charge < -0.3 is 19.9 Å². The monoisotopic (exact) mass is 249 g/mol. The summed E-state index contributed by atoms with van der Waals surface area (Å²) in [6.45, 7) is 0.492. The highest BCUT2D eigenvalue weighted by atomic mass is 16.7. The number of carboxylic acids is 1. The van der Waals surface area contributed by atoms with Gasteiger partial charge in [0, 0.05) is 18.7 Å². The van der Waals surface area contributed by atoms with Crippen LogP contribution in [0.15, 0.2) is 30.4 Å². The van der Waals surface area contributed by atoms with Gasteiger partial charge in [0.25, 0.3) is 0 Å². The highest BCUT2D eigenvalue weighted by Gasteiger charge is 2.13. The Morgan fingerprint density at radius 2 is 2.06 bits per heavy atom. The van der Waals surface area contributed by atoms with Gasteiger partial charge in [-0.1, -0.05) is 6.07 Å². The SMILES string of the molecule is O=C(O)/C=C/C(=O)NCc1ccc2c(c1)OCO2. The smallest absolute Gasteiger partial charge is 0.328 e. The number of hydrogen-bond donors (Lipinski definition) is 2. The lowest BCUT2D eigenvalue weighted by Gasteiger charge is -2.03. The zero-order chi connectivity index (χ0) is 13.0. The lowest BCUT2D eigenvalue weighted by Crippen LogP contribution is -2.20. The van der Waals surface area contributed by atoms with Crippen LogP contribution < -0.4 is 14.8 Å². The largest absolute Gasteiger partial charge is 0.478 e. The van der Waals surface area contributed by atoms with Crippen molar-refractivity contribution < 1.29 is 24.2 Å². The zero-order valence-corrected chi connectivity index (χ0v) is 9.38. The van der Waals surface area contributed by atoms with Gasteiger partial charge in [0.15, 0.2) is 11.5 Å². The molecule has 1 amide bonds. The summed E-state index contributed by atoms with van der Waals surface area (Å²) in [7, 11) is 0. The molecule has 0 saturated heterocycles. The van der Waals surface area contributed by atoms with E-state index in [2.05, 4.69) is 5.32 Å². The number of hydrogen-bond acceptors (Lipinski definition) is 4. The molecule has 2 rings (SSSR count). The molecule has 2 N–H and O–H groups in total. The average Bonchev–Trinajstić information content (AvgIpc) is 2.81. The fourth-order valence-corrected chi connectivity index (χ4v) is 1.45. The molecule has 0 aliphatic carbocycles. The molecule has 0 aromatic heterocycles. The number of amides is 1. The third kappa shape index (κ3) is 3.00. The van der Waals surface area contributed by atoms with Gasteiger partial charge in [0.05, 0.1) is 0 Å². The number of carboxylic acid groups (broad SMARTS) is 1. The van der Waals surface area contributed by atoms with Crippen LogP contribution in [0.5, 0.6) is 11.5 Å². The molecule has 1 heterocycles. The molecule has 6 nitrogen and oxygen atoms in total. The van der Waals surface area contributed by atoms with E-state index in [4.69, 9.17) is 14.6 Å². The number of aliphatic carboxylic acids is 1. The van der Waals surface area contributed by atoms with Gasteiger partial charge >= 0.3 is 5.97 Å². The van der Waals surface area contributed by atoms with Gasteiger partial charge in [-0.25, -0.2) is 4.79 Å². The van der Waals surface area contributed by atoms with Crippen LogP contribution in [0.4, 0.5) is 0 Å². The van der Waals surface area contributed by atoms with Crippen LogP contribution in [0.3, 0.4) is 0 Å². The molecule has 0 spiro atoms. The predicted octanol–water partition coefficient (Wildman–Crippen LogP) is 0.672. The number of benzene rings is 1. The Bertz CT molecular complexity index is 509. The maximum atomic E-state index is 11.2. The Kier molecular flexibility index (Phi) is 3.47. The first-order chi connectivity index (χ1) is 8.65. The van der Waals surface area contributed by atoms with Crippen molar-refractivity contribution in [3.63, 3.8) is 0 Å². The standard InChI is InChI=1S/C12H11NO5/c14-11(3-4-12(15)16)13-6-8-1-2-9-10(5-8)18-7-17-9/h1-5H,6-7H2,(H,13,14)(H,15,16)/b4-3+. The molecular weight excluding hydrogens is 238 g/mol. The van der Waals surface area contributed by atoms with E-state index < -0.39 is 11.9 Å². The average molecular weight is 249 g/mol. The Labute approximate surface area is 103 Å². The van der Waals surface area contributed by atoms with Gasteiger partial charge in [-0.15, -0.1) is 0 Å². The lowest BCUT2D eigenvalue weighted by molar-refractivity contribution is -0.131. The second-order valence-electron chi connectivity index (χ2n) is 3.58. The zero-order valence-electron chi connectivity index (χ0n) is 9.38. The van der Waals surface area contributed by atoms with Gasteiger partial charge in [-0.3, -0.25) is 4.79 Å². The van der Waals surface area contributed by atoms with Crippen LogP contribution in [0, 0.1) is 0 Å². The van der Waals surface area contributed by atoms with Gasteiger partial charge in [0.1, 0.15) is 0 Å². The number of carbonyl (C=O) groups is 2. The van der Waals surface area contributed by atoms with Crippen LogP contribution in [-0.4, -0.2) is 23.8 Å². The summed E-state index contributed by atoms with van der Waals surface area (Å²) in [5.74, 6) is -0.304. The van der Waals surface area contributed by atoms with E-state index in [1.807, 2.05) is 0 Å². The summed E-state index contributed by atoms with van der Waals surface area (Å²) in [6, 6.07) is 5.33. The maximum Gasteiger partial charge on any atom is 0.328 e. The molecule has 94 valence electrons. The predicted molar refractivity (Wildman–Crippen MR) is 61.2 cm³/mol. The number of carbonyl (C=O) groups excluding carboxylic acids is 1. The van der Waals surface area contributed by atoms with Gasteiger partial charge in [-0.2, -0.15) is 0 Å². The van der Waals surface area contributed by atoms with Gasteiger partial charge in [-0.05, 0) is 17.7 Å². The minimum absolute atomic E-state index is 0.201. The topological polar surface area (TPSA) is 84.9 Å². The van der Waals surface area contributed by atoms with Crippen molar-refractivity contribution in [2.75, 3.05) is 6.79 Å². The quantitative estimate of drug-likeness (QED) is 0.766. The van der Waals surface area contributed by atoms with E-state index in [0.29, 0.717) is 18.0 Å². The first-order valence-corrected chi connectivity index (χ1v) is 5.22. The van der Waals surface area contributed by atoms with E-state index >= 15 is 0 Å². The van der Waals surface area contributed by atoms with E-state index in [-0.39, 0.29) is 6.79 Å². The molecule has 0 atom stereocenters. The third-order valence-corrected chi connectivity index (χ3v) is 2.28. The Morgan fingerprint density at radius 3 is 2.83 bits per heavy atom. The number of nitrogens with one attached hydrogen (secondary N) is 1. The fourth-order valence-electron chi connectivity index (χ4n) is 1.45. The summed E-state index contributed by atoms with van der Waals surface area (Å²) in [5, 5.41) is 10.9. The van der Waals surface area contributed by atoms with Crippen molar-refractivity contribution in [1.82, 2.24) is 5.32 Å². The van der Waals surface area contributed by atoms with E-state index in [1.165, 1.54) is 0 Å². The Balaban J connectivity index is 1.90. The highest BCUT2D eigenvalue weighted by Crippen LogP contribution is 2.32. The lowest BCUT2D eigenvalue weighted by atomic mass is 10.2. The van der Waals surface area contributed by atoms with Crippen molar-refractivity contribution >= 4 is 11.9 Å². The summed E-state index contributed by atoms with van der Waals surface area (Å²) in [4.78, 5) is 21.4. The summed E-state index contributed by atoms with van der Waals surface area (Å²) in [5.41, 5.74) is 0.844. The van der Waals surface area contributed by atoms with Crippen LogP contribution >= 0.6 is 0 Å². The van der Waals surface area contributed by atoms with Crippen molar-refractivity contribution in [1.29, 1.82) is 0 Å². The van der Waals surface area contributed by atoms with Crippen LogP contribution in [0.2, 0.25) is 0 Å². The summed E-state index contributed by atoms with van der Waals surface area (Å²) in [6.07, 6.45) is 1.75. The third-order valence-electron chi connectivity index (χ3n) is 2.28. The van der Waals surface area contributed by atoms with Gasteiger partial charge in [0.2, 0.25) is 12.7 Å². The molecule has 1 aromatic rings. The molecule has 1 aromatic carbocycles. The van der Waals surface area contributed by atoms with Crippen molar-refractivity contribution in [2.45, 2.75) is 6.54 Å². The maximum absolute atomic E-state index is 11.2. The summed E-state index contributed by atoms with van der Waals surface area (Å²) >= 11 is 0. The number of fused-ring (bicyclic) bond motifs is 1. The van der Waals surface area contributed by atoms with Crippen LogP contribution in [0.1, 0.15) is 5.56 Å². The first-order valence-electron chi connectivity index (χ1n) is 5.22. The minimum atomic E-state index is -1.16. The number of rotatable bonds is 4. The van der Waals surface area contributed by atoms with Crippen molar-refractivity contribution in [3.8, 4) is 11.5 Å². The molecule has 0 unspecified atom stereocenters. The number of ether oxygens (including phenoxy) is 2. The molecule has 1 aliphatic rings. The second-order valence-corrected chi connectivity index (χ2v) is 3.58. The second kappa shape index (κ2) is 5.22. The molecule has 0 radical (unpaired) electrons. The van der Waals surface area contributed by atoms with E-state index in [9.17, 15) is 9.59 Å². The van der Waals surface area contributed by atoms with Crippen molar-refractivity contribution in [2.24, 2.45) is 0 Å². The Hall–Kier alpha value is -2.50. The molecule has 1 aliphatic heterocycles. The molecular formula is C12H11NO5. The minimum Gasteiger partial charge on any atom is -0.478 e. The Morgan fingerprint density at radius 1 is 1.28 bits per heavy atom. The van der Waals surface area contributed by atoms with E-state index in [0.717, 1.165) is 17.7 Å². The molecule has 0 bridgehead atoms. The summed E-state index contributed by atoms with van der Waals surface area (Å²) < 4.78 is 10.4. The van der Waals surface area contributed by atoms with E-state index in [1.54, 1.807) is 18.2 Å². The molecule has 0 fully saturated rings. The van der Waals surface area contributed by atoms with Crippen molar-refractivity contribution in [3.05, 3.63) is 35.9 Å². The molecule has 6 heteroatoms. The highest BCUT2D eigenvalue weighted by molar-refractivity contribution is 5.93. The normalized spacial score (nSPS) is 12.7.